The molecule has 0 radical (unpaired) electrons. The zero-order chi connectivity index (χ0) is 23.5. The molecular formula is C26H30N2O5. The molecule has 2 aromatic carbocycles. The Hall–Kier alpha value is -3.61. The van der Waals surface area contributed by atoms with Crippen LogP contribution >= 0.6 is 0 Å². The molecule has 2 fully saturated rings. The smallest absolute Gasteiger partial charge is 0.410 e. The van der Waals surface area contributed by atoms with Crippen molar-refractivity contribution in [3.63, 3.8) is 0 Å². The van der Waals surface area contributed by atoms with E-state index in [-0.39, 0.29) is 25.0 Å². The number of piperidine rings is 1. The highest BCUT2D eigenvalue weighted by Gasteiger charge is 2.24. The first-order valence-electron chi connectivity index (χ1n) is 11.1. The second-order valence-corrected chi connectivity index (χ2v) is 8.07. The maximum absolute atomic E-state index is 11.8. The fourth-order valence-corrected chi connectivity index (χ4v) is 3.51. The summed E-state index contributed by atoms with van der Waals surface area (Å²) in [7, 11) is 0. The Kier molecular flexibility index (Phi) is 9.06. The summed E-state index contributed by atoms with van der Waals surface area (Å²) < 4.78 is 10.4. The Balaban J connectivity index is 0.000000186. The first kappa shape index (κ1) is 24.0. The van der Waals surface area contributed by atoms with E-state index in [1.54, 1.807) is 4.90 Å². The Labute approximate surface area is 194 Å². The van der Waals surface area contributed by atoms with Crippen molar-refractivity contribution < 1.29 is 23.9 Å². The summed E-state index contributed by atoms with van der Waals surface area (Å²) in [5.74, 6) is 0.0941. The topological polar surface area (TPSA) is 76.2 Å². The second kappa shape index (κ2) is 12.4. The third kappa shape index (κ3) is 8.11. The first-order chi connectivity index (χ1) is 16.0. The number of carbonyl (C=O) groups excluding carboxylic acids is 3. The minimum absolute atomic E-state index is 0.0941. The highest BCUT2D eigenvalue weighted by molar-refractivity contribution is 5.87. The third-order valence-electron chi connectivity index (χ3n) is 5.33. The van der Waals surface area contributed by atoms with Gasteiger partial charge in [0, 0.05) is 26.1 Å². The van der Waals surface area contributed by atoms with Crippen LogP contribution in [-0.2, 0) is 27.5 Å². The van der Waals surface area contributed by atoms with Crippen molar-refractivity contribution in [1.82, 2.24) is 9.80 Å². The molecule has 0 aromatic heterocycles. The molecule has 0 atom stereocenters. The molecule has 7 heteroatoms. The van der Waals surface area contributed by atoms with Crippen LogP contribution in [0.15, 0.2) is 72.8 Å². The molecule has 2 saturated heterocycles. The Morgan fingerprint density at radius 1 is 0.758 bits per heavy atom. The fraction of sp³-hybridized carbons (Fsp3) is 0.346. The monoisotopic (exact) mass is 450 g/mol. The predicted octanol–water partition coefficient (Wildman–Crippen LogP) is 4.57. The summed E-state index contributed by atoms with van der Waals surface area (Å²) in [6.07, 6.45) is 1.80. The molecule has 2 heterocycles. The van der Waals surface area contributed by atoms with Gasteiger partial charge in [-0.05, 0) is 24.0 Å². The van der Waals surface area contributed by atoms with Gasteiger partial charge in [0.05, 0.1) is 6.54 Å². The van der Waals surface area contributed by atoms with Gasteiger partial charge in [-0.1, -0.05) is 72.8 Å². The summed E-state index contributed by atoms with van der Waals surface area (Å²) in [6, 6.07) is 19.2. The molecule has 0 N–H and O–H groups in total. The zero-order valence-corrected chi connectivity index (χ0v) is 18.8. The van der Waals surface area contributed by atoms with Crippen LogP contribution in [0.1, 0.15) is 30.4 Å². The van der Waals surface area contributed by atoms with E-state index >= 15 is 0 Å². The molecule has 0 saturated carbocycles. The van der Waals surface area contributed by atoms with Crippen molar-refractivity contribution in [2.75, 3.05) is 26.2 Å². The summed E-state index contributed by atoms with van der Waals surface area (Å²) >= 11 is 0. The average Bonchev–Trinajstić information content (AvgIpc) is 3.29. The van der Waals surface area contributed by atoms with Gasteiger partial charge in [0.25, 0.3) is 0 Å². The van der Waals surface area contributed by atoms with Gasteiger partial charge in [0.2, 0.25) is 0 Å². The van der Waals surface area contributed by atoms with E-state index in [0.717, 1.165) is 36.1 Å². The predicted molar refractivity (Wildman–Crippen MR) is 124 cm³/mol. The highest BCUT2D eigenvalue weighted by Crippen LogP contribution is 2.15. The van der Waals surface area contributed by atoms with E-state index in [4.69, 9.17) is 9.47 Å². The van der Waals surface area contributed by atoms with Gasteiger partial charge in [-0.3, -0.25) is 4.79 Å². The quantitative estimate of drug-likeness (QED) is 0.638. The number of likely N-dealkylation sites (tertiary alicyclic amines) is 2. The van der Waals surface area contributed by atoms with Crippen LogP contribution in [0.3, 0.4) is 0 Å². The van der Waals surface area contributed by atoms with Crippen LogP contribution in [0.5, 0.6) is 0 Å². The number of carbonyl (C=O) groups is 3. The molecule has 2 aromatic rings. The molecule has 2 aliphatic rings. The lowest BCUT2D eigenvalue weighted by atomic mass is 10.1. The van der Waals surface area contributed by atoms with Crippen LogP contribution in [0, 0.1) is 0 Å². The zero-order valence-electron chi connectivity index (χ0n) is 18.8. The van der Waals surface area contributed by atoms with Crippen LogP contribution in [0.25, 0.3) is 0 Å². The van der Waals surface area contributed by atoms with Crippen LogP contribution in [-0.4, -0.2) is 53.9 Å². The van der Waals surface area contributed by atoms with Gasteiger partial charge in [0.15, 0.2) is 5.78 Å². The number of Topliss-reactive ketones (excluding diaryl/α,β-unsaturated/α-hetero) is 1. The molecule has 0 spiro atoms. The van der Waals surface area contributed by atoms with Gasteiger partial charge in [-0.15, -0.1) is 0 Å². The summed E-state index contributed by atoms with van der Waals surface area (Å²) in [6.45, 7) is 6.58. The Bertz CT molecular complexity index is 946. The number of rotatable bonds is 4. The molecule has 7 nitrogen and oxygen atoms in total. The minimum Gasteiger partial charge on any atom is -0.445 e. The van der Waals surface area contributed by atoms with E-state index in [1.807, 2.05) is 60.7 Å². The molecule has 33 heavy (non-hydrogen) atoms. The van der Waals surface area contributed by atoms with Gasteiger partial charge >= 0.3 is 12.2 Å². The number of hydrogen-bond donors (Lipinski definition) is 0. The lowest BCUT2D eigenvalue weighted by Gasteiger charge is -2.27. The molecule has 174 valence electrons. The van der Waals surface area contributed by atoms with Crippen molar-refractivity contribution in [3.05, 3.63) is 83.9 Å². The molecule has 4 rings (SSSR count). The number of ketones is 1. The van der Waals surface area contributed by atoms with Gasteiger partial charge < -0.3 is 19.3 Å². The molecule has 2 amide bonds. The third-order valence-corrected chi connectivity index (χ3v) is 5.33. The van der Waals surface area contributed by atoms with Crippen LogP contribution in [0.4, 0.5) is 9.59 Å². The summed E-state index contributed by atoms with van der Waals surface area (Å²) in [5.41, 5.74) is 3.06. The van der Waals surface area contributed by atoms with E-state index in [2.05, 4.69) is 6.58 Å². The minimum atomic E-state index is -0.408. The van der Waals surface area contributed by atoms with Gasteiger partial charge in [0.1, 0.15) is 13.2 Å². The van der Waals surface area contributed by atoms with Crippen molar-refractivity contribution in [3.8, 4) is 0 Å². The van der Waals surface area contributed by atoms with Crippen molar-refractivity contribution >= 4 is 18.0 Å². The van der Waals surface area contributed by atoms with Crippen LogP contribution < -0.4 is 0 Å². The number of amides is 2. The number of ether oxygens (including phenoxy) is 2. The van der Waals surface area contributed by atoms with Crippen LogP contribution in [0.2, 0.25) is 0 Å². The molecule has 0 aliphatic carbocycles. The van der Waals surface area contributed by atoms with E-state index in [9.17, 15) is 14.4 Å². The Morgan fingerprint density at radius 3 is 1.73 bits per heavy atom. The van der Waals surface area contributed by atoms with Crippen molar-refractivity contribution in [2.24, 2.45) is 0 Å². The summed E-state index contributed by atoms with van der Waals surface area (Å²) in [4.78, 5) is 37.4. The molecule has 0 bridgehead atoms. The van der Waals surface area contributed by atoms with Gasteiger partial charge in [-0.2, -0.15) is 0 Å². The lowest BCUT2D eigenvalue weighted by molar-refractivity contribution is -0.116. The number of nitrogens with zero attached hydrogens (tertiary/aromatic N) is 2. The Morgan fingerprint density at radius 2 is 1.27 bits per heavy atom. The van der Waals surface area contributed by atoms with Gasteiger partial charge in [-0.25, -0.2) is 9.59 Å². The lowest BCUT2D eigenvalue weighted by Crippen LogP contribution is -2.36. The van der Waals surface area contributed by atoms with Crippen molar-refractivity contribution in [2.45, 2.75) is 32.5 Å². The molecular weight excluding hydrogens is 420 g/mol. The highest BCUT2D eigenvalue weighted by atomic mass is 16.6. The largest absolute Gasteiger partial charge is 0.445 e. The average molecular weight is 451 g/mol. The number of hydrogen-bond acceptors (Lipinski definition) is 5. The fourth-order valence-electron chi connectivity index (χ4n) is 3.51. The molecule has 0 unspecified atom stereocenters. The maximum Gasteiger partial charge on any atom is 0.410 e. The van der Waals surface area contributed by atoms with E-state index in [1.165, 1.54) is 4.90 Å². The molecule has 2 aliphatic heterocycles. The maximum atomic E-state index is 11.8. The first-order valence-corrected chi connectivity index (χ1v) is 11.1. The number of benzene rings is 2. The van der Waals surface area contributed by atoms with E-state index in [0.29, 0.717) is 26.1 Å². The summed E-state index contributed by atoms with van der Waals surface area (Å²) in [5, 5.41) is 0. The van der Waals surface area contributed by atoms with E-state index < -0.39 is 6.09 Å². The second-order valence-electron chi connectivity index (χ2n) is 8.07. The standard InChI is InChI=1S/C14H17NO2.C12H13NO3/c1-12-6-5-9-15(10-12)14(16)17-11-13-7-3-2-4-8-13;14-11-6-7-13(8-11)12(15)16-9-10-4-2-1-3-5-10/h2-4,7-8H,1,5-6,9-11H2;1-5H,6-9H2. The van der Waals surface area contributed by atoms with Crippen molar-refractivity contribution in [1.29, 1.82) is 0 Å². The SMILES string of the molecule is C=C1CCCN(C(=O)OCc2ccccc2)C1.O=C1CCN(C(=O)OCc2ccccc2)C1. The normalized spacial score (nSPS) is 15.5.